The summed E-state index contributed by atoms with van der Waals surface area (Å²) in [5.41, 5.74) is 0.332. The summed E-state index contributed by atoms with van der Waals surface area (Å²) >= 11 is 0. The van der Waals surface area contributed by atoms with Crippen LogP contribution in [0.1, 0.15) is 19.4 Å². The molecule has 5 nitrogen and oxygen atoms in total. The topological polar surface area (TPSA) is 66.8 Å². The first-order valence-corrected chi connectivity index (χ1v) is 7.88. The van der Waals surface area contributed by atoms with Crippen LogP contribution in [-0.4, -0.2) is 44.1 Å². The molecule has 20 heavy (non-hydrogen) atoms. The minimum Gasteiger partial charge on any atom is -0.392 e. The number of hydrogen-bond acceptors (Lipinski definition) is 4. The first kappa shape index (κ1) is 17.0. The second kappa shape index (κ2) is 7.68. The average molecular weight is 305 g/mol. The van der Waals surface area contributed by atoms with E-state index in [2.05, 4.69) is 0 Å². The van der Waals surface area contributed by atoms with Gasteiger partial charge in [-0.1, -0.05) is 13.0 Å². The lowest BCUT2D eigenvalue weighted by Crippen LogP contribution is -2.34. The normalized spacial score (nSPS) is 12.1. The van der Waals surface area contributed by atoms with E-state index in [1.807, 2.05) is 6.92 Å². The highest BCUT2D eigenvalue weighted by Crippen LogP contribution is 2.20. The zero-order valence-electron chi connectivity index (χ0n) is 11.7. The van der Waals surface area contributed by atoms with E-state index < -0.39 is 15.8 Å². The van der Waals surface area contributed by atoms with Crippen LogP contribution in [-0.2, 0) is 21.4 Å². The van der Waals surface area contributed by atoms with Gasteiger partial charge in [-0.25, -0.2) is 12.8 Å². The lowest BCUT2D eigenvalue weighted by atomic mass is 10.2. The first-order chi connectivity index (χ1) is 9.47. The molecule has 0 spiro atoms. The Balaban J connectivity index is 3.01. The number of benzene rings is 1. The smallest absolute Gasteiger partial charge is 0.246 e. The SMILES string of the molecule is CCOCCN(CC)S(=O)(=O)c1ccc(CO)cc1F. The minimum absolute atomic E-state index is 0.174. The molecule has 0 amide bonds. The number of hydrogen-bond donors (Lipinski definition) is 1. The third kappa shape index (κ3) is 3.99. The molecule has 7 heteroatoms. The van der Waals surface area contributed by atoms with Crippen molar-refractivity contribution in [3.8, 4) is 0 Å². The number of rotatable bonds is 8. The van der Waals surface area contributed by atoms with Gasteiger partial charge >= 0.3 is 0 Å². The number of ether oxygens (including phenoxy) is 1. The van der Waals surface area contributed by atoms with E-state index in [0.29, 0.717) is 12.2 Å². The molecule has 0 aliphatic rings. The summed E-state index contributed by atoms with van der Waals surface area (Å²) in [6.45, 7) is 4.34. The van der Waals surface area contributed by atoms with Crippen LogP contribution in [0.15, 0.2) is 23.1 Å². The molecular weight excluding hydrogens is 285 g/mol. The van der Waals surface area contributed by atoms with Crippen molar-refractivity contribution < 1.29 is 22.7 Å². The molecule has 114 valence electrons. The van der Waals surface area contributed by atoms with E-state index in [4.69, 9.17) is 9.84 Å². The molecule has 0 aliphatic heterocycles. The molecule has 0 saturated carbocycles. The van der Waals surface area contributed by atoms with Crippen molar-refractivity contribution in [1.29, 1.82) is 0 Å². The van der Waals surface area contributed by atoms with Gasteiger partial charge in [0.25, 0.3) is 0 Å². The Hall–Kier alpha value is -1.02. The lowest BCUT2D eigenvalue weighted by Gasteiger charge is -2.20. The monoisotopic (exact) mass is 305 g/mol. The summed E-state index contributed by atoms with van der Waals surface area (Å²) in [6.07, 6.45) is 0. The molecule has 1 aromatic rings. The number of aliphatic hydroxyl groups excluding tert-OH is 1. The maximum atomic E-state index is 13.9. The van der Waals surface area contributed by atoms with Crippen molar-refractivity contribution in [3.63, 3.8) is 0 Å². The Labute approximate surface area is 119 Å². The molecule has 1 rings (SSSR count). The Morgan fingerprint density at radius 2 is 2.05 bits per heavy atom. The fourth-order valence-electron chi connectivity index (χ4n) is 1.75. The summed E-state index contributed by atoms with van der Waals surface area (Å²) in [7, 11) is -3.89. The van der Waals surface area contributed by atoms with E-state index in [1.54, 1.807) is 6.92 Å². The van der Waals surface area contributed by atoms with E-state index in [0.717, 1.165) is 6.07 Å². The maximum absolute atomic E-state index is 13.9. The lowest BCUT2D eigenvalue weighted by molar-refractivity contribution is 0.135. The molecule has 0 aliphatic carbocycles. The van der Waals surface area contributed by atoms with Gasteiger partial charge in [-0.2, -0.15) is 4.31 Å². The fraction of sp³-hybridized carbons (Fsp3) is 0.538. The molecule has 0 unspecified atom stereocenters. The predicted octanol–water partition coefficient (Wildman–Crippen LogP) is 1.37. The predicted molar refractivity (Wildman–Crippen MR) is 73.2 cm³/mol. The van der Waals surface area contributed by atoms with Crippen molar-refractivity contribution in [2.75, 3.05) is 26.3 Å². The van der Waals surface area contributed by atoms with Crippen LogP contribution in [0, 0.1) is 5.82 Å². The van der Waals surface area contributed by atoms with Crippen molar-refractivity contribution in [2.45, 2.75) is 25.3 Å². The number of nitrogens with zero attached hydrogens (tertiary/aromatic N) is 1. The van der Waals surface area contributed by atoms with Crippen LogP contribution in [0.25, 0.3) is 0 Å². The number of likely N-dealkylation sites (N-methyl/N-ethyl adjacent to an activating group) is 1. The molecule has 0 fully saturated rings. The molecule has 1 N–H and O–H groups in total. The maximum Gasteiger partial charge on any atom is 0.246 e. The second-order valence-electron chi connectivity index (χ2n) is 4.12. The van der Waals surface area contributed by atoms with Gasteiger partial charge in [-0.15, -0.1) is 0 Å². The van der Waals surface area contributed by atoms with E-state index in [-0.39, 0.29) is 31.2 Å². The van der Waals surface area contributed by atoms with Gasteiger partial charge in [0, 0.05) is 19.7 Å². The molecule has 0 radical (unpaired) electrons. The Morgan fingerprint density at radius 3 is 2.55 bits per heavy atom. The summed E-state index contributed by atoms with van der Waals surface area (Å²) in [5.74, 6) is -0.855. The Morgan fingerprint density at radius 1 is 1.35 bits per heavy atom. The summed E-state index contributed by atoms with van der Waals surface area (Å²) in [4.78, 5) is -0.381. The van der Waals surface area contributed by atoms with Crippen LogP contribution in [0.5, 0.6) is 0 Å². The molecule has 0 bridgehead atoms. The van der Waals surface area contributed by atoms with E-state index in [1.165, 1.54) is 16.4 Å². The number of sulfonamides is 1. The highest BCUT2D eigenvalue weighted by Gasteiger charge is 2.26. The van der Waals surface area contributed by atoms with Crippen LogP contribution in [0.4, 0.5) is 4.39 Å². The Kier molecular flexibility index (Phi) is 6.54. The molecule has 0 saturated heterocycles. The van der Waals surface area contributed by atoms with Gasteiger partial charge in [0.05, 0.1) is 13.2 Å². The van der Waals surface area contributed by atoms with Crippen molar-refractivity contribution in [1.82, 2.24) is 4.31 Å². The third-order valence-electron chi connectivity index (χ3n) is 2.84. The van der Waals surface area contributed by atoms with Gasteiger partial charge in [-0.05, 0) is 24.6 Å². The second-order valence-corrected chi connectivity index (χ2v) is 6.02. The molecule has 0 aromatic heterocycles. The van der Waals surface area contributed by atoms with Crippen LogP contribution >= 0.6 is 0 Å². The molecule has 1 aromatic carbocycles. The van der Waals surface area contributed by atoms with Crippen LogP contribution in [0.3, 0.4) is 0 Å². The number of halogens is 1. The minimum atomic E-state index is -3.89. The zero-order valence-corrected chi connectivity index (χ0v) is 12.5. The fourth-order valence-corrected chi connectivity index (χ4v) is 3.23. The standard InChI is InChI=1S/C13H20FNO4S/c1-3-15(7-8-19-4-2)20(17,18)13-6-5-11(10-16)9-12(13)14/h5-6,9,16H,3-4,7-8,10H2,1-2H3. The summed E-state index contributed by atoms with van der Waals surface area (Å²) in [5, 5.41) is 8.91. The van der Waals surface area contributed by atoms with Gasteiger partial charge in [-0.3, -0.25) is 0 Å². The van der Waals surface area contributed by atoms with Gasteiger partial charge in [0.15, 0.2) is 0 Å². The zero-order chi connectivity index (χ0) is 15.2. The molecule has 0 atom stereocenters. The molecule has 0 heterocycles. The van der Waals surface area contributed by atoms with Crippen molar-refractivity contribution in [2.24, 2.45) is 0 Å². The quantitative estimate of drug-likeness (QED) is 0.737. The van der Waals surface area contributed by atoms with Gasteiger partial charge in [0.2, 0.25) is 10.0 Å². The van der Waals surface area contributed by atoms with E-state index in [9.17, 15) is 12.8 Å². The molecular formula is C13H20FNO4S. The summed E-state index contributed by atoms with van der Waals surface area (Å²) < 4.78 is 44.9. The van der Waals surface area contributed by atoms with Gasteiger partial charge < -0.3 is 9.84 Å². The van der Waals surface area contributed by atoms with E-state index >= 15 is 0 Å². The highest BCUT2D eigenvalue weighted by molar-refractivity contribution is 7.89. The van der Waals surface area contributed by atoms with Crippen molar-refractivity contribution in [3.05, 3.63) is 29.6 Å². The third-order valence-corrected chi connectivity index (χ3v) is 4.85. The highest BCUT2D eigenvalue weighted by atomic mass is 32.2. The number of aliphatic hydroxyl groups is 1. The summed E-state index contributed by atoms with van der Waals surface area (Å²) in [6, 6.07) is 3.61. The first-order valence-electron chi connectivity index (χ1n) is 6.44. The largest absolute Gasteiger partial charge is 0.392 e. The van der Waals surface area contributed by atoms with Gasteiger partial charge in [0.1, 0.15) is 10.7 Å². The van der Waals surface area contributed by atoms with Crippen molar-refractivity contribution >= 4 is 10.0 Å². The Bertz CT molecular complexity index is 533. The van der Waals surface area contributed by atoms with Crippen LogP contribution in [0.2, 0.25) is 0 Å². The van der Waals surface area contributed by atoms with Crippen LogP contribution < -0.4 is 0 Å². The average Bonchev–Trinajstić information content (AvgIpc) is 2.42.